The number of allylic oxidation sites excluding steroid dienone is 1. The van der Waals surface area contributed by atoms with E-state index in [2.05, 4.69) is 0 Å². The van der Waals surface area contributed by atoms with Crippen LogP contribution in [0.15, 0.2) is 11.6 Å². The van der Waals surface area contributed by atoms with Crippen molar-refractivity contribution < 1.29 is 14.7 Å². The molecule has 0 atom stereocenters. The van der Waals surface area contributed by atoms with E-state index in [9.17, 15) is 9.59 Å². The van der Waals surface area contributed by atoms with Crippen molar-refractivity contribution >= 4 is 11.8 Å². The Labute approximate surface area is 65.7 Å². The number of aliphatic carboxylic acids is 1. The zero-order chi connectivity index (χ0) is 8.85. The summed E-state index contributed by atoms with van der Waals surface area (Å²) in [4.78, 5) is 20.6. The van der Waals surface area contributed by atoms with Gasteiger partial charge in [-0.05, 0) is 20.3 Å². The minimum atomic E-state index is -0.923. The van der Waals surface area contributed by atoms with E-state index in [1.807, 2.05) is 0 Å². The fraction of sp³-hybridized carbons (Fsp3) is 0.500. The van der Waals surface area contributed by atoms with Gasteiger partial charge < -0.3 is 9.90 Å². The number of carboxylic acids is 1. The Balaban J connectivity index is 3.74. The Morgan fingerprint density at radius 3 is 2.27 bits per heavy atom. The van der Waals surface area contributed by atoms with E-state index < -0.39 is 5.97 Å². The predicted molar refractivity (Wildman–Crippen MR) is 41.3 cm³/mol. The maximum Gasteiger partial charge on any atom is 0.330 e. The molecule has 0 aliphatic rings. The summed E-state index contributed by atoms with van der Waals surface area (Å²) in [5.74, 6) is -0.840. The minimum Gasteiger partial charge on any atom is -0.478 e. The van der Waals surface area contributed by atoms with E-state index in [1.165, 1.54) is 13.8 Å². The van der Waals surface area contributed by atoms with Gasteiger partial charge in [0, 0.05) is 12.0 Å². The molecule has 0 saturated heterocycles. The van der Waals surface area contributed by atoms with Crippen molar-refractivity contribution in [2.24, 2.45) is 0 Å². The zero-order valence-electron chi connectivity index (χ0n) is 6.76. The lowest BCUT2D eigenvalue weighted by molar-refractivity contribution is -0.132. The number of carbonyl (C=O) groups excluding carboxylic acids is 1. The molecule has 0 amide bonds. The standard InChI is InChI=1S/C8H12O3/c1-6(8(10)11)4-3-5-7(2)9/h4H,3,5H2,1-2H3,(H,10,11). The Hall–Kier alpha value is -1.12. The van der Waals surface area contributed by atoms with E-state index in [0.29, 0.717) is 18.4 Å². The number of carbonyl (C=O) groups is 2. The normalized spacial score (nSPS) is 11.3. The average molecular weight is 156 g/mol. The molecule has 0 rings (SSSR count). The molecule has 0 unspecified atom stereocenters. The fourth-order valence-corrected chi connectivity index (χ4v) is 0.579. The van der Waals surface area contributed by atoms with Crippen LogP contribution in [0.4, 0.5) is 0 Å². The highest BCUT2D eigenvalue weighted by Gasteiger charge is 1.98. The molecule has 3 nitrogen and oxygen atoms in total. The summed E-state index contributed by atoms with van der Waals surface area (Å²) in [6.45, 7) is 3.01. The lowest BCUT2D eigenvalue weighted by Gasteiger charge is -1.91. The van der Waals surface area contributed by atoms with Crippen LogP contribution < -0.4 is 0 Å². The van der Waals surface area contributed by atoms with Crippen molar-refractivity contribution in [3.63, 3.8) is 0 Å². The summed E-state index contributed by atoms with van der Waals surface area (Å²) in [5.41, 5.74) is 0.297. The Morgan fingerprint density at radius 2 is 1.91 bits per heavy atom. The Morgan fingerprint density at radius 1 is 1.36 bits per heavy atom. The smallest absolute Gasteiger partial charge is 0.330 e. The van der Waals surface area contributed by atoms with Crippen molar-refractivity contribution in [1.82, 2.24) is 0 Å². The van der Waals surface area contributed by atoms with Crippen LogP contribution in [0.1, 0.15) is 26.7 Å². The lowest BCUT2D eigenvalue weighted by atomic mass is 10.2. The summed E-state index contributed by atoms with van der Waals surface area (Å²) >= 11 is 0. The molecule has 3 heteroatoms. The molecule has 0 aromatic rings. The summed E-state index contributed by atoms with van der Waals surface area (Å²) < 4.78 is 0. The van der Waals surface area contributed by atoms with E-state index in [1.54, 1.807) is 6.08 Å². The van der Waals surface area contributed by atoms with Gasteiger partial charge in [0.25, 0.3) is 0 Å². The van der Waals surface area contributed by atoms with Gasteiger partial charge in [-0.3, -0.25) is 0 Å². The summed E-state index contributed by atoms with van der Waals surface area (Å²) in [5, 5.41) is 8.39. The third-order valence-corrected chi connectivity index (χ3v) is 1.28. The van der Waals surface area contributed by atoms with E-state index in [-0.39, 0.29) is 5.78 Å². The summed E-state index contributed by atoms with van der Waals surface area (Å²) in [6, 6.07) is 0. The molecule has 0 aliphatic heterocycles. The third kappa shape index (κ3) is 5.33. The second kappa shape index (κ2) is 4.66. The van der Waals surface area contributed by atoms with E-state index in [4.69, 9.17) is 5.11 Å². The number of ketones is 1. The molecule has 1 N–H and O–H groups in total. The first kappa shape index (κ1) is 9.88. The molecule has 0 heterocycles. The van der Waals surface area contributed by atoms with Gasteiger partial charge in [-0.25, -0.2) is 4.79 Å². The van der Waals surface area contributed by atoms with Gasteiger partial charge in [0.15, 0.2) is 0 Å². The molecule has 0 saturated carbocycles. The van der Waals surface area contributed by atoms with E-state index >= 15 is 0 Å². The van der Waals surface area contributed by atoms with Crippen LogP contribution >= 0.6 is 0 Å². The predicted octanol–water partition coefficient (Wildman–Crippen LogP) is 1.39. The van der Waals surface area contributed by atoms with Crippen molar-refractivity contribution in [3.05, 3.63) is 11.6 Å². The summed E-state index contributed by atoms with van der Waals surface area (Å²) in [6.07, 6.45) is 2.50. The number of hydrogen-bond donors (Lipinski definition) is 1. The maximum atomic E-state index is 10.4. The fourth-order valence-electron chi connectivity index (χ4n) is 0.579. The van der Waals surface area contributed by atoms with Crippen LogP contribution in [0.3, 0.4) is 0 Å². The maximum absolute atomic E-state index is 10.4. The first-order chi connectivity index (χ1) is 5.04. The van der Waals surface area contributed by atoms with Gasteiger partial charge in [0.05, 0.1) is 0 Å². The molecule has 0 fully saturated rings. The van der Waals surface area contributed by atoms with Gasteiger partial charge in [-0.1, -0.05) is 6.08 Å². The van der Waals surface area contributed by atoms with Gasteiger partial charge in [-0.2, -0.15) is 0 Å². The van der Waals surface area contributed by atoms with Crippen LogP contribution in [0, 0.1) is 0 Å². The first-order valence-electron chi connectivity index (χ1n) is 3.43. The molecule has 0 radical (unpaired) electrons. The van der Waals surface area contributed by atoms with Crippen LogP contribution in [-0.4, -0.2) is 16.9 Å². The van der Waals surface area contributed by atoms with Crippen LogP contribution in [0.5, 0.6) is 0 Å². The van der Waals surface area contributed by atoms with Crippen molar-refractivity contribution in [2.75, 3.05) is 0 Å². The molecule has 0 aliphatic carbocycles. The van der Waals surface area contributed by atoms with Crippen molar-refractivity contribution in [3.8, 4) is 0 Å². The number of Topliss-reactive ketones (excluding diaryl/α,β-unsaturated/α-hetero) is 1. The molecule has 11 heavy (non-hydrogen) atoms. The molecular formula is C8H12O3. The number of rotatable bonds is 4. The molecule has 62 valence electrons. The van der Waals surface area contributed by atoms with Crippen LogP contribution in [-0.2, 0) is 9.59 Å². The molecule has 0 aromatic heterocycles. The minimum absolute atomic E-state index is 0.0828. The van der Waals surface area contributed by atoms with Gasteiger partial charge in [0.1, 0.15) is 5.78 Å². The molecule has 0 spiro atoms. The van der Waals surface area contributed by atoms with Crippen molar-refractivity contribution in [2.45, 2.75) is 26.7 Å². The molecular weight excluding hydrogens is 144 g/mol. The molecule has 0 aromatic carbocycles. The highest BCUT2D eigenvalue weighted by Crippen LogP contribution is 1.98. The van der Waals surface area contributed by atoms with Crippen LogP contribution in [0.25, 0.3) is 0 Å². The highest BCUT2D eigenvalue weighted by molar-refractivity contribution is 5.85. The third-order valence-electron chi connectivity index (χ3n) is 1.28. The van der Waals surface area contributed by atoms with Crippen LogP contribution in [0.2, 0.25) is 0 Å². The van der Waals surface area contributed by atoms with Gasteiger partial charge in [-0.15, -0.1) is 0 Å². The largest absolute Gasteiger partial charge is 0.478 e. The highest BCUT2D eigenvalue weighted by atomic mass is 16.4. The topological polar surface area (TPSA) is 54.4 Å². The summed E-state index contributed by atoms with van der Waals surface area (Å²) in [7, 11) is 0. The van der Waals surface area contributed by atoms with E-state index in [0.717, 1.165) is 0 Å². The second-order valence-electron chi connectivity index (χ2n) is 2.43. The van der Waals surface area contributed by atoms with Crippen molar-refractivity contribution in [1.29, 1.82) is 0 Å². The average Bonchev–Trinajstić information content (AvgIpc) is 1.86. The monoisotopic (exact) mass is 156 g/mol. The number of hydrogen-bond acceptors (Lipinski definition) is 2. The van der Waals surface area contributed by atoms with Gasteiger partial charge >= 0.3 is 5.97 Å². The number of carboxylic acid groups (broad SMARTS) is 1. The lowest BCUT2D eigenvalue weighted by Crippen LogP contribution is -1.96. The zero-order valence-corrected chi connectivity index (χ0v) is 6.76. The Bertz CT molecular complexity index is 192. The SMILES string of the molecule is CC(=O)CCC=C(C)C(=O)O. The Kier molecular flexibility index (Phi) is 4.18. The first-order valence-corrected chi connectivity index (χ1v) is 3.43. The second-order valence-corrected chi connectivity index (χ2v) is 2.43. The van der Waals surface area contributed by atoms with Gasteiger partial charge in [0.2, 0.25) is 0 Å². The molecule has 0 bridgehead atoms. The quantitative estimate of drug-likeness (QED) is 0.626.